The Kier molecular flexibility index (Phi) is 7.36. The SMILES string of the molecule is CCC=C(CCCCC)C(=O)OC. The summed E-state index contributed by atoms with van der Waals surface area (Å²) < 4.78 is 4.69. The zero-order valence-corrected chi connectivity index (χ0v) is 8.93. The molecule has 0 aromatic heterocycles. The molecule has 13 heavy (non-hydrogen) atoms. The minimum absolute atomic E-state index is 0.169. The van der Waals surface area contributed by atoms with Crippen molar-refractivity contribution < 1.29 is 9.53 Å². The quantitative estimate of drug-likeness (QED) is 0.360. The summed E-state index contributed by atoms with van der Waals surface area (Å²) in [6.07, 6.45) is 7.16. The highest BCUT2D eigenvalue weighted by Gasteiger charge is 2.07. The van der Waals surface area contributed by atoms with Gasteiger partial charge in [0.05, 0.1) is 7.11 Å². The predicted molar refractivity (Wildman–Crippen MR) is 54.5 cm³/mol. The highest BCUT2D eigenvalue weighted by Crippen LogP contribution is 2.11. The Labute approximate surface area is 81.0 Å². The predicted octanol–water partition coefficient (Wildman–Crippen LogP) is 3.08. The Morgan fingerprint density at radius 1 is 1.31 bits per heavy atom. The number of esters is 1. The minimum Gasteiger partial charge on any atom is -0.466 e. The van der Waals surface area contributed by atoms with Crippen LogP contribution in [0, 0.1) is 0 Å². The van der Waals surface area contributed by atoms with Crippen LogP contribution in [0.15, 0.2) is 11.6 Å². The number of hydrogen-bond donors (Lipinski definition) is 0. The second-order valence-electron chi connectivity index (χ2n) is 3.09. The van der Waals surface area contributed by atoms with Gasteiger partial charge < -0.3 is 4.74 Å². The van der Waals surface area contributed by atoms with E-state index in [1.807, 2.05) is 13.0 Å². The molecule has 0 amide bonds. The molecule has 0 rings (SSSR count). The molecule has 0 spiro atoms. The van der Waals surface area contributed by atoms with Crippen LogP contribution in [0.4, 0.5) is 0 Å². The first-order valence-electron chi connectivity index (χ1n) is 5.03. The lowest BCUT2D eigenvalue weighted by molar-refractivity contribution is -0.136. The summed E-state index contributed by atoms with van der Waals surface area (Å²) in [5, 5.41) is 0. The van der Waals surface area contributed by atoms with E-state index in [0.717, 1.165) is 24.8 Å². The van der Waals surface area contributed by atoms with Crippen LogP contribution < -0.4 is 0 Å². The molecular weight excluding hydrogens is 164 g/mol. The van der Waals surface area contributed by atoms with Gasteiger partial charge in [-0.2, -0.15) is 0 Å². The molecule has 0 radical (unpaired) electrons. The van der Waals surface area contributed by atoms with E-state index in [9.17, 15) is 4.79 Å². The lowest BCUT2D eigenvalue weighted by Crippen LogP contribution is -2.04. The molecular formula is C11H20O2. The van der Waals surface area contributed by atoms with E-state index >= 15 is 0 Å². The van der Waals surface area contributed by atoms with Gasteiger partial charge in [-0.1, -0.05) is 32.8 Å². The molecule has 0 aliphatic rings. The summed E-state index contributed by atoms with van der Waals surface area (Å²) in [5.74, 6) is -0.169. The van der Waals surface area contributed by atoms with Crippen LogP contribution in [-0.2, 0) is 9.53 Å². The van der Waals surface area contributed by atoms with Crippen LogP contribution in [0.2, 0.25) is 0 Å². The number of allylic oxidation sites excluding steroid dienone is 1. The number of carbonyl (C=O) groups is 1. The Hall–Kier alpha value is -0.790. The van der Waals surface area contributed by atoms with E-state index in [-0.39, 0.29) is 5.97 Å². The first-order valence-corrected chi connectivity index (χ1v) is 5.03. The summed E-state index contributed by atoms with van der Waals surface area (Å²) in [5.41, 5.74) is 0.832. The van der Waals surface area contributed by atoms with Gasteiger partial charge in [-0.3, -0.25) is 0 Å². The fourth-order valence-corrected chi connectivity index (χ4v) is 1.23. The second kappa shape index (κ2) is 7.84. The average molecular weight is 184 g/mol. The third-order valence-corrected chi connectivity index (χ3v) is 1.95. The Morgan fingerprint density at radius 3 is 2.46 bits per heavy atom. The van der Waals surface area contributed by atoms with E-state index in [1.54, 1.807) is 0 Å². The van der Waals surface area contributed by atoms with Gasteiger partial charge in [0, 0.05) is 5.57 Å². The van der Waals surface area contributed by atoms with Gasteiger partial charge >= 0.3 is 5.97 Å². The molecule has 2 heteroatoms. The van der Waals surface area contributed by atoms with Crippen molar-refractivity contribution in [3.8, 4) is 0 Å². The fourth-order valence-electron chi connectivity index (χ4n) is 1.23. The molecule has 0 N–H and O–H groups in total. The van der Waals surface area contributed by atoms with Gasteiger partial charge in [0.1, 0.15) is 0 Å². The summed E-state index contributed by atoms with van der Waals surface area (Å²) in [4.78, 5) is 11.2. The van der Waals surface area contributed by atoms with Crippen molar-refractivity contribution in [3.63, 3.8) is 0 Å². The molecule has 0 saturated carbocycles. The second-order valence-corrected chi connectivity index (χ2v) is 3.09. The van der Waals surface area contributed by atoms with Crippen molar-refractivity contribution in [1.29, 1.82) is 0 Å². The summed E-state index contributed by atoms with van der Waals surface area (Å²) in [7, 11) is 1.44. The number of carbonyl (C=O) groups excluding carboxylic acids is 1. The number of hydrogen-bond acceptors (Lipinski definition) is 2. The maximum absolute atomic E-state index is 11.2. The number of unbranched alkanes of at least 4 members (excludes halogenated alkanes) is 2. The van der Waals surface area contributed by atoms with Crippen molar-refractivity contribution in [2.24, 2.45) is 0 Å². The van der Waals surface area contributed by atoms with Gasteiger partial charge in [-0.15, -0.1) is 0 Å². The van der Waals surface area contributed by atoms with Gasteiger partial charge in [0.2, 0.25) is 0 Å². The van der Waals surface area contributed by atoms with Crippen LogP contribution >= 0.6 is 0 Å². The lowest BCUT2D eigenvalue weighted by Gasteiger charge is -2.04. The van der Waals surface area contributed by atoms with Crippen LogP contribution in [-0.4, -0.2) is 13.1 Å². The standard InChI is InChI=1S/C11H20O2/c1-4-6-7-9-10(8-5-2)11(12)13-3/h8H,4-7,9H2,1-3H3. The summed E-state index contributed by atoms with van der Waals surface area (Å²) in [6, 6.07) is 0. The largest absolute Gasteiger partial charge is 0.466 e. The van der Waals surface area contributed by atoms with Crippen LogP contribution in [0.1, 0.15) is 46.0 Å². The highest BCUT2D eigenvalue weighted by molar-refractivity contribution is 5.88. The van der Waals surface area contributed by atoms with Gasteiger partial charge in [0.15, 0.2) is 0 Å². The molecule has 0 atom stereocenters. The van der Waals surface area contributed by atoms with Crippen molar-refractivity contribution in [1.82, 2.24) is 0 Å². The van der Waals surface area contributed by atoms with Crippen molar-refractivity contribution in [3.05, 3.63) is 11.6 Å². The highest BCUT2D eigenvalue weighted by atomic mass is 16.5. The van der Waals surface area contributed by atoms with Gasteiger partial charge in [0.25, 0.3) is 0 Å². The maximum atomic E-state index is 11.2. The topological polar surface area (TPSA) is 26.3 Å². The molecule has 0 aromatic rings. The third-order valence-electron chi connectivity index (χ3n) is 1.95. The first-order chi connectivity index (χ1) is 6.26. The van der Waals surface area contributed by atoms with E-state index in [4.69, 9.17) is 0 Å². The molecule has 0 aliphatic heterocycles. The Morgan fingerprint density at radius 2 is 2.00 bits per heavy atom. The van der Waals surface area contributed by atoms with Crippen LogP contribution in [0.3, 0.4) is 0 Å². The number of ether oxygens (including phenoxy) is 1. The van der Waals surface area contributed by atoms with E-state index in [2.05, 4.69) is 11.7 Å². The monoisotopic (exact) mass is 184 g/mol. The molecule has 0 heterocycles. The Bertz CT molecular complexity index is 171. The van der Waals surface area contributed by atoms with Crippen LogP contribution in [0.5, 0.6) is 0 Å². The molecule has 0 aliphatic carbocycles. The van der Waals surface area contributed by atoms with E-state index < -0.39 is 0 Å². The lowest BCUT2D eigenvalue weighted by atomic mass is 10.1. The summed E-state index contributed by atoms with van der Waals surface area (Å²) >= 11 is 0. The molecule has 0 fully saturated rings. The molecule has 2 nitrogen and oxygen atoms in total. The van der Waals surface area contributed by atoms with Crippen LogP contribution in [0.25, 0.3) is 0 Å². The molecule has 0 saturated heterocycles. The zero-order valence-electron chi connectivity index (χ0n) is 8.93. The molecule has 0 bridgehead atoms. The van der Waals surface area contributed by atoms with E-state index in [1.165, 1.54) is 20.0 Å². The first kappa shape index (κ1) is 12.2. The van der Waals surface area contributed by atoms with Gasteiger partial charge in [-0.05, 0) is 19.3 Å². The zero-order chi connectivity index (χ0) is 10.1. The van der Waals surface area contributed by atoms with E-state index in [0.29, 0.717) is 0 Å². The molecule has 0 aromatic carbocycles. The number of methoxy groups -OCH3 is 1. The Balaban J connectivity index is 3.96. The van der Waals surface area contributed by atoms with Crippen molar-refractivity contribution >= 4 is 5.97 Å². The number of rotatable bonds is 6. The van der Waals surface area contributed by atoms with Crippen molar-refractivity contribution in [2.45, 2.75) is 46.0 Å². The van der Waals surface area contributed by atoms with Gasteiger partial charge in [-0.25, -0.2) is 4.79 Å². The van der Waals surface area contributed by atoms with Crippen molar-refractivity contribution in [2.75, 3.05) is 7.11 Å². The smallest absolute Gasteiger partial charge is 0.333 e. The fraction of sp³-hybridized carbons (Fsp3) is 0.727. The molecule has 0 unspecified atom stereocenters. The molecule has 76 valence electrons. The normalized spacial score (nSPS) is 11.5. The third kappa shape index (κ3) is 5.45. The minimum atomic E-state index is -0.169. The average Bonchev–Trinajstić information content (AvgIpc) is 2.16. The maximum Gasteiger partial charge on any atom is 0.333 e. The summed E-state index contributed by atoms with van der Waals surface area (Å²) in [6.45, 7) is 4.18.